The van der Waals surface area contributed by atoms with E-state index in [4.69, 9.17) is 20.7 Å². The predicted octanol–water partition coefficient (Wildman–Crippen LogP) is 9.60. The predicted molar refractivity (Wildman–Crippen MR) is 180 cm³/mol. The SMILES string of the molecule is Nc1ccc(-c2nc3ccc(cc3)c(-c3ccccc3)nc3ccc(cc3)c(-c3ccccc3)nc3ccc2cc3)cc1. The van der Waals surface area contributed by atoms with Crippen LogP contribution in [0.25, 0.3) is 66.5 Å². The molecule has 0 unspecified atom stereocenters. The smallest absolute Gasteiger partial charge is 0.0781 e. The van der Waals surface area contributed by atoms with E-state index in [0.29, 0.717) is 5.69 Å². The molecule has 10 rings (SSSR count). The van der Waals surface area contributed by atoms with Gasteiger partial charge in [-0.15, -0.1) is 0 Å². The van der Waals surface area contributed by atoms with Crippen LogP contribution in [0.4, 0.5) is 5.69 Å². The minimum atomic E-state index is 0.715. The van der Waals surface area contributed by atoms with Gasteiger partial charge in [0, 0.05) is 38.5 Å². The van der Waals surface area contributed by atoms with Crippen LogP contribution in [0, 0.1) is 0 Å². The van der Waals surface area contributed by atoms with Crippen molar-refractivity contribution in [2.75, 3.05) is 5.73 Å². The fraction of sp³-hybridized carbons (Fsp3) is 0. The van der Waals surface area contributed by atoms with Crippen molar-refractivity contribution in [1.29, 1.82) is 0 Å². The lowest BCUT2D eigenvalue weighted by Crippen LogP contribution is -1.88. The molecule has 0 fully saturated rings. The number of hydrogen-bond acceptors (Lipinski definition) is 4. The number of fused-ring (bicyclic) bond motifs is 3. The highest BCUT2D eigenvalue weighted by molar-refractivity contribution is 5.86. The summed E-state index contributed by atoms with van der Waals surface area (Å²) in [7, 11) is 0. The van der Waals surface area contributed by atoms with Crippen LogP contribution in [0.3, 0.4) is 0 Å². The van der Waals surface area contributed by atoms with Crippen LogP contribution in [-0.4, -0.2) is 15.0 Å². The maximum Gasteiger partial charge on any atom is 0.0781 e. The van der Waals surface area contributed by atoms with E-state index >= 15 is 0 Å². The Kier molecular flexibility index (Phi) is 7.00. The largest absolute Gasteiger partial charge is 0.399 e. The summed E-state index contributed by atoms with van der Waals surface area (Å²) >= 11 is 0. The Morgan fingerprint density at radius 2 is 0.605 bits per heavy atom. The van der Waals surface area contributed by atoms with Crippen LogP contribution in [0.5, 0.6) is 0 Å². The number of nitrogens with zero attached hydrogens (tertiary/aromatic N) is 3. The number of aromatic nitrogens is 3. The summed E-state index contributed by atoms with van der Waals surface area (Å²) in [6, 6.07) is 53.2. The number of rotatable bonds is 3. The minimum Gasteiger partial charge on any atom is -0.399 e. The van der Waals surface area contributed by atoms with Crippen molar-refractivity contribution in [3.8, 4) is 33.8 Å². The van der Waals surface area contributed by atoms with E-state index in [9.17, 15) is 0 Å². The van der Waals surface area contributed by atoms with Crippen LogP contribution < -0.4 is 5.73 Å². The van der Waals surface area contributed by atoms with Gasteiger partial charge >= 0.3 is 0 Å². The quantitative estimate of drug-likeness (QED) is 0.222. The molecule has 2 N–H and O–H groups in total. The van der Waals surface area contributed by atoms with Gasteiger partial charge in [-0.3, -0.25) is 0 Å². The Morgan fingerprint density at radius 1 is 0.302 bits per heavy atom. The Bertz CT molecular complexity index is 2080. The number of anilines is 1. The number of nitrogens with two attached hydrogens (primary N) is 1. The molecule has 4 heteroatoms. The molecule has 0 saturated carbocycles. The third-order valence-corrected chi connectivity index (χ3v) is 7.42. The zero-order valence-corrected chi connectivity index (χ0v) is 23.4. The fourth-order valence-corrected chi connectivity index (χ4v) is 5.19. The maximum atomic E-state index is 6.01. The zero-order valence-electron chi connectivity index (χ0n) is 23.4. The van der Waals surface area contributed by atoms with Crippen LogP contribution in [0.15, 0.2) is 158 Å². The van der Waals surface area contributed by atoms with E-state index < -0.39 is 0 Å². The average molecular weight is 553 g/mol. The van der Waals surface area contributed by atoms with Gasteiger partial charge in [0.1, 0.15) is 0 Å². The third-order valence-electron chi connectivity index (χ3n) is 7.42. The van der Waals surface area contributed by atoms with Crippen molar-refractivity contribution in [2.24, 2.45) is 0 Å². The first-order valence-corrected chi connectivity index (χ1v) is 14.2. The van der Waals surface area contributed by atoms with Gasteiger partial charge in [0.05, 0.1) is 33.6 Å². The highest BCUT2D eigenvalue weighted by atomic mass is 14.7. The highest BCUT2D eigenvalue weighted by Crippen LogP contribution is 2.27. The summed E-state index contributed by atoms with van der Waals surface area (Å²) in [6.45, 7) is 0. The second kappa shape index (κ2) is 11.6. The Labute approximate surface area is 250 Å². The Hall–Kier alpha value is -5.87. The molecular formula is C39H28N4. The standard InChI is InChI=1S/C39H28N4/c40-33-19-11-29(12-20-33)39-32-17-25-35(26-18-32)42-37(27-7-3-1-4-8-27)30-13-21-34(22-14-30)41-38(28-9-5-2-6-10-28)31-15-23-36(43-39)24-16-31/h1-26H,40H2. The summed E-state index contributed by atoms with van der Waals surface area (Å²) < 4.78 is 0. The molecule has 0 aliphatic heterocycles. The van der Waals surface area contributed by atoms with Gasteiger partial charge in [-0.05, 0) is 48.5 Å². The van der Waals surface area contributed by atoms with Gasteiger partial charge in [0.25, 0.3) is 0 Å². The molecule has 0 aliphatic rings. The van der Waals surface area contributed by atoms with Crippen LogP contribution >= 0.6 is 0 Å². The lowest BCUT2D eigenvalue weighted by Gasteiger charge is -2.06. The van der Waals surface area contributed by atoms with Crippen molar-refractivity contribution >= 4 is 38.4 Å². The molecule has 0 aliphatic carbocycles. The van der Waals surface area contributed by atoms with Gasteiger partial charge in [0.15, 0.2) is 0 Å². The zero-order chi connectivity index (χ0) is 29.0. The van der Waals surface area contributed by atoms with Crippen LogP contribution in [0.1, 0.15) is 0 Å². The number of nitrogen functional groups attached to an aromatic ring is 1. The Morgan fingerprint density at radius 3 is 0.930 bits per heavy atom. The summed E-state index contributed by atoms with van der Waals surface area (Å²) in [5, 5.41) is 3.02. The molecule has 0 amide bonds. The summed E-state index contributed by atoms with van der Waals surface area (Å²) in [5.74, 6) is 0. The molecule has 6 aromatic carbocycles. The molecule has 0 radical (unpaired) electrons. The van der Waals surface area contributed by atoms with E-state index in [2.05, 4.69) is 72.8 Å². The normalized spacial score (nSPS) is 10.9. The molecule has 4 heterocycles. The summed E-state index contributed by atoms with van der Waals surface area (Å²) in [4.78, 5) is 15.4. The first-order chi connectivity index (χ1) is 21.2. The van der Waals surface area contributed by atoms with E-state index in [1.165, 1.54) is 0 Å². The lowest BCUT2D eigenvalue weighted by atomic mass is 10.1. The molecule has 4 nitrogen and oxygen atoms in total. The number of hydrogen-bond donors (Lipinski definition) is 1. The van der Waals surface area contributed by atoms with Gasteiger partial charge in [-0.25, -0.2) is 15.0 Å². The van der Waals surface area contributed by atoms with E-state index in [-0.39, 0.29) is 0 Å². The molecule has 204 valence electrons. The van der Waals surface area contributed by atoms with E-state index in [1.54, 1.807) is 0 Å². The van der Waals surface area contributed by atoms with Crippen molar-refractivity contribution in [3.63, 3.8) is 0 Å². The van der Waals surface area contributed by atoms with Crippen molar-refractivity contribution in [2.45, 2.75) is 0 Å². The molecule has 43 heavy (non-hydrogen) atoms. The molecule has 4 aromatic heterocycles. The van der Waals surface area contributed by atoms with Crippen molar-refractivity contribution < 1.29 is 0 Å². The highest BCUT2D eigenvalue weighted by Gasteiger charge is 2.06. The third kappa shape index (κ3) is 5.67. The Balaban J connectivity index is 1.58. The second-order valence-corrected chi connectivity index (χ2v) is 10.4. The van der Waals surface area contributed by atoms with Crippen molar-refractivity contribution in [1.82, 2.24) is 15.0 Å². The average Bonchev–Trinajstić information content (AvgIpc) is 3.07. The maximum absolute atomic E-state index is 6.01. The van der Waals surface area contributed by atoms with Gasteiger partial charge in [0.2, 0.25) is 0 Å². The lowest BCUT2D eigenvalue weighted by molar-refractivity contribution is 1.40. The monoisotopic (exact) mass is 552 g/mol. The van der Waals surface area contributed by atoms with E-state index in [0.717, 1.165) is 66.5 Å². The second-order valence-electron chi connectivity index (χ2n) is 10.4. The van der Waals surface area contributed by atoms with Crippen LogP contribution in [0.2, 0.25) is 0 Å². The van der Waals surface area contributed by atoms with Gasteiger partial charge in [-0.1, -0.05) is 109 Å². The number of benzene rings is 6. The summed E-state index contributed by atoms with van der Waals surface area (Å²) in [5.41, 5.74) is 15.0. The van der Waals surface area contributed by atoms with Gasteiger partial charge in [-0.2, -0.15) is 0 Å². The molecular weight excluding hydrogens is 524 g/mol. The molecule has 10 aromatic rings. The van der Waals surface area contributed by atoms with E-state index in [1.807, 2.05) is 84.9 Å². The van der Waals surface area contributed by atoms with Crippen molar-refractivity contribution in [3.05, 3.63) is 158 Å². The molecule has 0 saturated heterocycles. The minimum absolute atomic E-state index is 0.715. The fourth-order valence-electron chi connectivity index (χ4n) is 5.19. The first kappa shape index (κ1) is 26.1. The van der Waals surface area contributed by atoms with Crippen LogP contribution in [-0.2, 0) is 0 Å². The van der Waals surface area contributed by atoms with Gasteiger partial charge < -0.3 is 5.73 Å². The molecule has 0 spiro atoms. The molecule has 0 atom stereocenters. The topological polar surface area (TPSA) is 64.7 Å². The first-order valence-electron chi connectivity index (χ1n) is 14.2. The summed E-state index contributed by atoms with van der Waals surface area (Å²) in [6.07, 6.45) is 0. The molecule has 6 bridgehead atoms.